The Morgan fingerprint density at radius 1 is 1.07 bits per heavy atom. The summed E-state index contributed by atoms with van der Waals surface area (Å²) < 4.78 is 45.5. The van der Waals surface area contributed by atoms with Crippen molar-refractivity contribution in [3.63, 3.8) is 0 Å². The number of hydrogen-bond donors (Lipinski definition) is 4. The zero-order valence-corrected chi connectivity index (χ0v) is 32.3. The fourth-order valence-corrected chi connectivity index (χ4v) is 7.64. The van der Waals surface area contributed by atoms with Gasteiger partial charge >= 0.3 is 12.2 Å². The first kappa shape index (κ1) is 40.1. The minimum Gasteiger partial charge on any atom is -0.497 e. The van der Waals surface area contributed by atoms with Gasteiger partial charge in [0.15, 0.2) is 0 Å². The maximum Gasteiger partial charge on any atom is 0.412 e. The fourth-order valence-electron chi connectivity index (χ4n) is 6.28. The molecular weight excluding hydrogens is 723 g/mol. The Kier molecular flexibility index (Phi) is 11.1. The molecule has 18 heteroatoms. The molecule has 5 atom stereocenters. The lowest BCUT2D eigenvalue weighted by molar-refractivity contribution is -0.143. The van der Waals surface area contributed by atoms with E-state index in [1.807, 2.05) is 0 Å². The fraction of sp³-hybridized carbons (Fsp3) is 0.556. The quantitative estimate of drug-likeness (QED) is 0.230. The molecule has 5 amide bonds. The number of anilines is 1. The lowest BCUT2D eigenvalue weighted by atomic mass is 9.85. The highest BCUT2D eigenvalue weighted by Crippen LogP contribution is 2.45. The van der Waals surface area contributed by atoms with E-state index in [2.05, 4.69) is 32.4 Å². The molecule has 5 rings (SSSR count). The van der Waals surface area contributed by atoms with Gasteiger partial charge in [-0.1, -0.05) is 26.8 Å². The highest BCUT2D eigenvalue weighted by molar-refractivity contribution is 7.91. The Labute approximate surface area is 314 Å². The molecule has 0 spiro atoms. The Bertz CT molecular complexity index is 1900. The maximum absolute atomic E-state index is 14.4. The summed E-state index contributed by atoms with van der Waals surface area (Å²) in [6.07, 6.45) is 2.68. The number of aromatic nitrogens is 2. The van der Waals surface area contributed by atoms with Crippen LogP contribution in [0.3, 0.4) is 0 Å². The van der Waals surface area contributed by atoms with Gasteiger partial charge in [0.25, 0.3) is 5.91 Å². The zero-order valence-electron chi connectivity index (χ0n) is 31.5. The number of amides is 5. The molecule has 1 aromatic carbocycles. The van der Waals surface area contributed by atoms with E-state index in [9.17, 15) is 32.4 Å². The van der Waals surface area contributed by atoms with Crippen molar-refractivity contribution in [2.75, 3.05) is 19.0 Å². The number of likely N-dealkylation sites (tertiary alicyclic amines) is 1. The molecule has 1 unspecified atom stereocenters. The van der Waals surface area contributed by atoms with Gasteiger partial charge in [0.1, 0.15) is 35.1 Å². The Balaban J connectivity index is 1.40. The van der Waals surface area contributed by atoms with Crippen LogP contribution in [0.1, 0.15) is 67.2 Å². The van der Waals surface area contributed by atoms with Crippen molar-refractivity contribution in [3.8, 4) is 11.4 Å². The number of carbonyl (C=O) groups is 5. The van der Waals surface area contributed by atoms with E-state index >= 15 is 0 Å². The van der Waals surface area contributed by atoms with Crippen LogP contribution >= 0.6 is 0 Å². The number of ether oxygens (including phenoxy) is 3. The molecule has 2 heterocycles. The number of hydrogen-bond acceptors (Lipinski definition) is 11. The third-order valence-electron chi connectivity index (χ3n) is 9.34. The topological polar surface area (TPSA) is 216 Å². The molecule has 17 nitrogen and oxygen atoms in total. The molecule has 1 aliphatic heterocycles. The number of methoxy groups -OCH3 is 1. The van der Waals surface area contributed by atoms with E-state index in [4.69, 9.17) is 14.2 Å². The zero-order chi connectivity index (χ0) is 39.8. The van der Waals surface area contributed by atoms with Gasteiger partial charge in [-0.15, -0.1) is 6.58 Å². The predicted molar refractivity (Wildman–Crippen MR) is 196 cm³/mol. The molecule has 2 aromatic rings. The summed E-state index contributed by atoms with van der Waals surface area (Å²) in [5.41, 5.74) is -2.57. The number of nitrogens with zero attached hydrogens (tertiary/aromatic N) is 3. The van der Waals surface area contributed by atoms with Crippen LogP contribution in [0.4, 0.5) is 15.3 Å². The second-order valence-electron chi connectivity index (χ2n) is 15.9. The molecule has 4 N–H and O–H groups in total. The van der Waals surface area contributed by atoms with E-state index < -0.39 is 85.8 Å². The molecule has 0 radical (unpaired) electrons. The van der Waals surface area contributed by atoms with Crippen LogP contribution in [-0.4, -0.2) is 101 Å². The number of nitrogens with one attached hydrogen (secondary N) is 4. The van der Waals surface area contributed by atoms with Gasteiger partial charge in [0.2, 0.25) is 21.8 Å². The summed E-state index contributed by atoms with van der Waals surface area (Å²) in [5, 5.41) is 11.6. The van der Waals surface area contributed by atoms with Crippen molar-refractivity contribution in [2.45, 2.75) is 102 Å². The van der Waals surface area contributed by atoms with E-state index in [1.54, 1.807) is 78.2 Å². The molecule has 1 aromatic heterocycles. The Morgan fingerprint density at radius 2 is 1.78 bits per heavy atom. The minimum absolute atomic E-state index is 0.0845. The van der Waals surface area contributed by atoms with Crippen LogP contribution in [0, 0.1) is 11.3 Å². The first-order valence-electron chi connectivity index (χ1n) is 17.6. The summed E-state index contributed by atoms with van der Waals surface area (Å²) in [5.74, 6) is -2.48. The largest absolute Gasteiger partial charge is 0.497 e. The maximum atomic E-state index is 14.4. The van der Waals surface area contributed by atoms with Crippen LogP contribution in [0.5, 0.6) is 5.75 Å². The van der Waals surface area contributed by atoms with Gasteiger partial charge in [-0.3, -0.25) is 24.4 Å². The van der Waals surface area contributed by atoms with E-state index in [-0.39, 0.29) is 19.4 Å². The van der Waals surface area contributed by atoms with E-state index in [0.717, 1.165) is 0 Å². The molecule has 3 fully saturated rings. The normalized spacial score (nSPS) is 23.0. The summed E-state index contributed by atoms with van der Waals surface area (Å²) in [6.45, 7) is 13.7. The van der Waals surface area contributed by atoms with Crippen molar-refractivity contribution >= 4 is 45.6 Å². The van der Waals surface area contributed by atoms with Crippen molar-refractivity contribution in [1.29, 1.82) is 0 Å². The first-order chi connectivity index (χ1) is 25.2. The average Bonchev–Trinajstić information content (AvgIpc) is 3.94. The lowest BCUT2D eigenvalue weighted by Gasteiger charge is -2.36. The molecule has 2 aliphatic carbocycles. The summed E-state index contributed by atoms with van der Waals surface area (Å²) in [7, 11) is -2.47. The summed E-state index contributed by atoms with van der Waals surface area (Å²) >= 11 is 0. The minimum atomic E-state index is -3.94. The van der Waals surface area contributed by atoms with Gasteiger partial charge in [0.05, 0.1) is 30.3 Å². The summed E-state index contributed by atoms with van der Waals surface area (Å²) in [6, 6.07) is 4.18. The van der Waals surface area contributed by atoms with Gasteiger partial charge in [0, 0.05) is 30.8 Å². The van der Waals surface area contributed by atoms with Crippen molar-refractivity contribution in [2.24, 2.45) is 11.3 Å². The second kappa shape index (κ2) is 14.9. The van der Waals surface area contributed by atoms with E-state index in [1.165, 1.54) is 22.8 Å². The average molecular weight is 772 g/mol. The number of carbonyl (C=O) groups excluding carboxylic acids is 5. The Hall–Kier alpha value is -5.13. The predicted octanol–water partition coefficient (Wildman–Crippen LogP) is 3.01. The van der Waals surface area contributed by atoms with Crippen LogP contribution in [0.15, 0.2) is 49.3 Å². The first-order valence-corrected chi connectivity index (χ1v) is 19.2. The Morgan fingerprint density at radius 3 is 2.33 bits per heavy atom. The number of rotatable bonds is 12. The van der Waals surface area contributed by atoms with Gasteiger partial charge in [-0.2, -0.15) is 5.10 Å². The molecule has 0 bridgehead atoms. The van der Waals surface area contributed by atoms with E-state index in [0.29, 0.717) is 30.0 Å². The second-order valence-corrected chi connectivity index (χ2v) is 17.8. The monoisotopic (exact) mass is 771 g/mol. The molecular formula is C36H49N7O10S. The van der Waals surface area contributed by atoms with Gasteiger partial charge < -0.3 is 29.7 Å². The lowest BCUT2D eigenvalue weighted by Crippen LogP contribution is -2.60. The molecule has 2 saturated carbocycles. The van der Waals surface area contributed by atoms with Crippen LogP contribution in [0.2, 0.25) is 0 Å². The van der Waals surface area contributed by atoms with Crippen LogP contribution < -0.4 is 25.4 Å². The third-order valence-corrected chi connectivity index (χ3v) is 11.2. The van der Waals surface area contributed by atoms with Gasteiger partial charge in [-0.25, -0.2) is 22.7 Å². The molecule has 54 heavy (non-hydrogen) atoms. The number of alkyl carbamates (subject to hydrolysis) is 1. The van der Waals surface area contributed by atoms with Crippen LogP contribution in [0.25, 0.3) is 5.69 Å². The van der Waals surface area contributed by atoms with Crippen LogP contribution in [-0.2, 0) is 33.9 Å². The summed E-state index contributed by atoms with van der Waals surface area (Å²) in [4.78, 5) is 69.6. The molecule has 1 saturated heterocycles. The number of sulfonamides is 1. The number of benzene rings is 1. The van der Waals surface area contributed by atoms with Crippen molar-refractivity contribution in [1.82, 2.24) is 30.0 Å². The SMILES string of the molecule is C=CC1C[C@]1(NC(=O)[C@@H]1C[C@@H](OC(=O)Nc2cc(OC)ccc2-n2cccn2)CN1C(=O)[C@@H](NC(=O)OC(C)(C)C)C(C)(C)C)C(=O)NS(=O)(=O)C1CC1. The van der Waals surface area contributed by atoms with Crippen molar-refractivity contribution in [3.05, 3.63) is 49.3 Å². The third kappa shape index (κ3) is 9.14. The standard InChI is InChI=1S/C36H49N7O10S/c1-9-21-19-36(21,31(46)41-54(49,50)24-12-13-24)40-29(44)27-18-23(20-42(27)30(45)28(34(2,3)4)39-33(48)53-35(5,6)7)52-32(47)38-25-17-22(51-8)11-14-26(25)43-16-10-15-37-43/h9-11,14-17,21,23-24,27-28H,1,12-13,18-20H2,2-8H3,(H,38,47)(H,39,48)(H,40,44)(H,41,46)/t21?,23-,27+,28-,36-/m1/s1. The van der Waals surface area contributed by atoms with Crippen molar-refractivity contribution < 1.29 is 46.6 Å². The highest BCUT2D eigenvalue weighted by Gasteiger charge is 2.62. The molecule has 3 aliphatic rings. The smallest absolute Gasteiger partial charge is 0.412 e. The highest BCUT2D eigenvalue weighted by atomic mass is 32.2. The molecule has 294 valence electrons. The van der Waals surface area contributed by atoms with Gasteiger partial charge in [-0.05, 0) is 63.6 Å².